The van der Waals surface area contributed by atoms with Gasteiger partial charge in [-0.15, -0.1) is 0 Å². The first kappa shape index (κ1) is 10.7. The summed E-state index contributed by atoms with van der Waals surface area (Å²) in [6.45, 7) is 2.09. The van der Waals surface area contributed by atoms with Crippen LogP contribution in [0.1, 0.15) is 24.5 Å². The van der Waals surface area contributed by atoms with Crippen molar-refractivity contribution in [1.29, 1.82) is 0 Å². The minimum Gasteiger partial charge on any atom is -0.478 e. The summed E-state index contributed by atoms with van der Waals surface area (Å²) in [7, 11) is 0. The first-order valence-corrected chi connectivity index (χ1v) is 5.42. The highest BCUT2D eigenvalue weighted by Crippen LogP contribution is 2.30. The zero-order chi connectivity index (χ0) is 11.5. The minimum absolute atomic E-state index is 0.722. The van der Waals surface area contributed by atoms with Crippen LogP contribution < -0.4 is 4.74 Å². The van der Waals surface area contributed by atoms with Gasteiger partial charge in [-0.3, -0.25) is 0 Å². The van der Waals surface area contributed by atoms with E-state index >= 15 is 0 Å². The first-order chi connectivity index (χ1) is 7.72. The van der Waals surface area contributed by atoms with E-state index in [9.17, 15) is 4.79 Å². The number of carboxylic acids is 1. The van der Waals surface area contributed by atoms with Gasteiger partial charge in [-0.05, 0) is 18.1 Å². The van der Waals surface area contributed by atoms with Crippen molar-refractivity contribution in [3.8, 4) is 5.75 Å². The molecule has 0 saturated carbocycles. The predicted molar refractivity (Wildman–Crippen MR) is 61.5 cm³/mol. The quantitative estimate of drug-likeness (QED) is 0.847. The van der Waals surface area contributed by atoms with Gasteiger partial charge in [-0.2, -0.15) is 0 Å². The number of fused-ring (bicyclic) bond motifs is 1. The Labute approximate surface area is 94.4 Å². The van der Waals surface area contributed by atoms with Crippen molar-refractivity contribution in [1.82, 2.24) is 0 Å². The van der Waals surface area contributed by atoms with Crippen LogP contribution in [0.25, 0.3) is 6.08 Å². The van der Waals surface area contributed by atoms with Gasteiger partial charge in [0, 0.05) is 5.56 Å². The monoisotopic (exact) mass is 218 g/mol. The normalized spacial score (nSPS) is 17.7. The highest BCUT2D eigenvalue weighted by Gasteiger charge is 2.22. The molecule has 84 valence electrons. The van der Waals surface area contributed by atoms with E-state index in [2.05, 4.69) is 6.92 Å². The van der Waals surface area contributed by atoms with Gasteiger partial charge >= 0.3 is 5.97 Å². The van der Waals surface area contributed by atoms with Crippen LogP contribution in [0.5, 0.6) is 5.75 Å². The molecule has 1 aromatic carbocycles. The van der Waals surface area contributed by atoms with E-state index in [1.165, 1.54) is 0 Å². The van der Waals surface area contributed by atoms with Crippen LogP contribution in [-0.4, -0.2) is 17.2 Å². The summed E-state index contributed by atoms with van der Waals surface area (Å²) in [6.07, 6.45) is 4.45. The molecule has 1 aliphatic rings. The second kappa shape index (κ2) is 4.39. The number of hydrogen-bond donors (Lipinski definition) is 1. The van der Waals surface area contributed by atoms with E-state index in [-0.39, 0.29) is 0 Å². The molecule has 0 fully saturated rings. The zero-order valence-electron chi connectivity index (χ0n) is 9.14. The SMILES string of the molecule is CCCc1cccc2c1OC(C(=O)O)C=C2. The predicted octanol–water partition coefficient (Wildman–Crippen LogP) is 2.50. The van der Waals surface area contributed by atoms with Crippen molar-refractivity contribution in [2.24, 2.45) is 0 Å². The van der Waals surface area contributed by atoms with Gasteiger partial charge in [0.05, 0.1) is 0 Å². The lowest BCUT2D eigenvalue weighted by Crippen LogP contribution is -2.27. The van der Waals surface area contributed by atoms with Gasteiger partial charge in [-0.25, -0.2) is 4.79 Å². The fourth-order valence-electron chi connectivity index (χ4n) is 1.84. The Kier molecular flexibility index (Phi) is 2.95. The van der Waals surface area contributed by atoms with Crippen LogP contribution in [0.15, 0.2) is 24.3 Å². The first-order valence-electron chi connectivity index (χ1n) is 5.42. The number of hydrogen-bond acceptors (Lipinski definition) is 2. The van der Waals surface area contributed by atoms with Gasteiger partial charge in [0.2, 0.25) is 6.10 Å². The van der Waals surface area contributed by atoms with E-state index < -0.39 is 12.1 Å². The summed E-state index contributed by atoms with van der Waals surface area (Å²) in [5.74, 6) is -0.229. The van der Waals surface area contributed by atoms with Gasteiger partial charge in [-0.1, -0.05) is 37.6 Å². The fourth-order valence-corrected chi connectivity index (χ4v) is 1.84. The number of carbonyl (C=O) groups is 1. The van der Waals surface area contributed by atoms with E-state index in [1.807, 2.05) is 24.3 Å². The lowest BCUT2D eigenvalue weighted by Gasteiger charge is -2.21. The van der Waals surface area contributed by atoms with Crippen LogP contribution in [0, 0.1) is 0 Å². The lowest BCUT2D eigenvalue weighted by atomic mass is 10.0. The van der Waals surface area contributed by atoms with E-state index in [1.54, 1.807) is 6.08 Å². The van der Waals surface area contributed by atoms with Crippen LogP contribution in [0.3, 0.4) is 0 Å². The third-order valence-corrected chi connectivity index (χ3v) is 2.59. The highest BCUT2D eigenvalue weighted by atomic mass is 16.5. The fraction of sp³-hybridized carbons (Fsp3) is 0.308. The van der Waals surface area contributed by atoms with Crippen LogP contribution in [-0.2, 0) is 11.2 Å². The van der Waals surface area contributed by atoms with Crippen molar-refractivity contribution < 1.29 is 14.6 Å². The number of aryl methyl sites for hydroxylation is 1. The Balaban J connectivity index is 2.36. The van der Waals surface area contributed by atoms with E-state index in [4.69, 9.17) is 9.84 Å². The third kappa shape index (κ3) is 1.94. The molecule has 2 rings (SSSR count). The molecule has 1 unspecified atom stereocenters. The average molecular weight is 218 g/mol. The topological polar surface area (TPSA) is 46.5 Å². The minimum atomic E-state index is -0.951. The summed E-state index contributed by atoms with van der Waals surface area (Å²) in [6, 6.07) is 5.89. The molecule has 0 amide bonds. The molecule has 3 heteroatoms. The van der Waals surface area contributed by atoms with Crippen molar-refractivity contribution >= 4 is 12.0 Å². The Morgan fingerprint density at radius 2 is 2.31 bits per heavy atom. The number of aliphatic carboxylic acids is 1. The summed E-state index contributed by atoms with van der Waals surface area (Å²) in [4.78, 5) is 10.9. The summed E-state index contributed by atoms with van der Waals surface area (Å²) in [5.41, 5.74) is 2.04. The average Bonchev–Trinajstić information content (AvgIpc) is 2.29. The molecule has 1 heterocycles. The van der Waals surface area contributed by atoms with Crippen LogP contribution in [0.4, 0.5) is 0 Å². The molecule has 0 aromatic heterocycles. The molecular weight excluding hydrogens is 204 g/mol. The highest BCUT2D eigenvalue weighted by molar-refractivity contribution is 5.79. The molecular formula is C13H14O3. The van der Waals surface area contributed by atoms with Crippen molar-refractivity contribution in [2.45, 2.75) is 25.9 Å². The molecule has 1 aromatic rings. The maximum absolute atomic E-state index is 10.9. The van der Waals surface area contributed by atoms with Gasteiger partial charge in [0.15, 0.2) is 0 Å². The van der Waals surface area contributed by atoms with E-state index in [0.29, 0.717) is 0 Å². The molecule has 0 radical (unpaired) electrons. The Bertz CT molecular complexity index is 435. The van der Waals surface area contributed by atoms with Gasteiger partial charge in [0.1, 0.15) is 5.75 Å². The van der Waals surface area contributed by atoms with Crippen molar-refractivity contribution in [3.63, 3.8) is 0 Å². The molecule has 1 N–H and O–H groups in total. The second-order valence-electron chi connectivity index (χ2n) is 3.82. The molecule has 16 heavy (non-hydrogen) atoms. The molecule has 0 spiro atoms. The molecule has 0 aliphatic carbocycles. The van der Waals surface area contributed by atoms with Crippen LogP contribution in [0.2, 0.25) is 0 Å². The van der Waals surface area contributed by atoms with Crippen molar-refractivity contribution in [3.05, 3.63) is 35.4 Å². The summed E-state index contributed by atoms with van der Waals surface area (Å²) < 4.78 is 5.49. The Hall–Kier alpha value is -1.77. The van der Waals surface area contributed by atoms with Gasteiger partial charge < -0.3 is 9.84 Å². The third-order valence-electron chi connectivity index (χ3n) is 2.59. The number of rotatable bonds is 3. The molecule has 3 nitrogen and oxygen atoms in total. The number of carboxylic acid groups (broad SMARTS) is 1. The number of benzene rings is 1. The Morgan fingerprint density at radius 1 is 1.50 bits per heavy atom. The Morgan fingerprint density at radius 3 is 3.00 bits per heavy atom. The largest absolute Gasteiger partial charge is 0.478 e. The second-order valence-corrected chi connectivity index (χ2v) is 3.82. The number of para-hydroxylation sites is 1. The smallest absolute Gasteiger partial charge is 0.349 e. The van der Waals surface area contributed by atoms with Crippen LogP contribution >= 0.6 is 0 Å². The maximum atomic E-state index is 10.9. The van der Waals surface area contributed by atoms with E-state index in [0.717, 1.165) is 29.7 Å². The molecule has 1 aliphatic heterocycles. The number of ether oxygens (including phenoxy) is 1. The molecule has 0 saturated heterocycles. The maximum Gasteiger partial charge on any atom is 0.349 e. The zero-order valence-corrected chi connectivity index (χ0v) is 9.14. The summed E-state index contributed by atoms with van der Waals surface area (Å²) >= 11 is 0. The lowest BCUT2D eigenvalue weighted by molar-refractivity contribution is -0.142. The standard InChI is InChI=1S/C13H14O3/c1-2-4-9-5-3-6-10-7-8-11(13(14)15)16-12(9)10/h3,5-8,11H,2,4H2,1H3,(H,14,15). The molecule has 1 atom stereocenters. The van der Waals surface area contributed by atoms with Gasteiger partial charge in [0.25, 0.3) is 0 Å². The summed E-state index contributed by atoms with van der Waals surface area (Å²) in [5, 5.41) is 8.91. The van der Waals surface area contributed by atoms with Crippen molar-refractivity contribution in [2.75, 3.05) is 0 Å². The molecule has 0 bridgehead atoms.